The Morgan fingerprint density at radius 2 is 2.21 bits per heavy atom. The lowest BCUT2D eigenvalue weighted by Crippen LogP contribution is -2.09. The van der Waals surface area contributed by atoms with Crippen LogP contribution in [0.2, 0.25) is 0 Å². The molecule has 1 aliphatic rings. The third-order valence-electron chi connectivity index (χ3n) is 3.33. The number of carbonyl (C=O) groups is 1. The minimum Gasteiger partial charge on any atom is -0.501 e. The second-order valence-electron chi connectivity index (χ2n) is 4.64. The third-order valence-corrected chi connectivity index (χ3v) is 3.33. The van der Waals surface area contributed by atoms with Crippen molar-refractivity contribution in [3.63, 3.8) is 0 Å². The summed E-state index contributed by atoms with van der Waals surface area (Å²) in [6.45, 7) is 2.41. The fourth-order valence-corrected chi connectivity index (χ4v) is 2.29. The zero-order valence-corrected chi connectivity index (χ0v) is 10.5. The molecule has 0 spiro atoms. The second-order valence-corrected chi connectivity index (χ2v) is 4.64. The minimum absolute atomic E-state index is 0.172. The summed E-state index contributed by atoms with van der Waals surface area (Å²) in [5.41, 5.74) is 1.81. The monoisotopic (exact) mass is 260 g/mol. The van der Waals surface area contributed by atoms with E-state index in [-0.39, 0.29) is 17.4 Å². The predicted octanol–water partition coefficient (Wildman–Crippen LogP) is 3.76. The maximum Gasteiger partial charge on any atom is 0.227 e. The van der Waals surface area contributed by atoms with Crippen molar-refractivity contribution in [1.29, 1.82) is 0 Å². The molecule has 2 heterocycles. The molecule has 0 unspecified atom stereocenters. The highest BCUT2D eigenvalue weighted by molar-refractivity contribution is 6.10. The molecule has 0 amide bonds. The quantitative estimate of drug-likeness (QED) is 0.772. The molecule has 0 bridgehead atoms. The summed E-state index contributed by atoms with van der Waals surface area (Å²) >= 11 is 0. The van der Waals surface area contributed by atoms with Gasteiger partial charge in [-0.25, -0.2) is 4.39 Å². The molecule has 98 valence electrons. The van der Waals surface area contributed by atoms with Gasteiger partial charge < -0.3 is 9.15 Å². The van der Waals surface area contributed by atoms with Gasteiger partial charge in [-0.3, -0.25) is 4.79 Å². The molecule has 0 N–H and O–H groups in total. The van der Waals surface area contributed by atoms with Gasteiger partial charge in [-0.15, -0.1) is 0 Å². The van der Waals surface area contributed by atoms with Crippen molar-refractivity contribution in [3.05, 3.63) is 47.2 Å². The van der Waals surface area contributed by atoms with E-state index in [0.29, 0.717) is 35.1 Å². The van der Waals surface area contributed by atoms with Gasteiger partial charge in [0, 0.05) is 16.5 Å². The van der Waals surface area contributed by atoms with E-state index in [0.717, 1.165) is 6.42 Å². The van der Waals surface area contributed by atoms with Crippen LogP contribution in [0.15, 0.2) is 34.5 Å². The molecule has 19 heavy (non-hydrogen) atoms. The SMILES string of the molecule is Cc1c(C(=O)C2=COCCC2)oc2ccc(F)cc12. The predicted molar refractivity (Wildman–Crippen MR) is 68.5 cm³/mol. The molecule has 1 aromatic carbocycles. The lowest BCUT2D eigenvalue weighted by atomic mass is 10.0. The minimum atomic E-state index is -0.337. The van der Waals surface area contributed by atoms with Crippen LogP contribution in [-0.4, -0.2) is 12.4 Å². The average molecular weight is 260 g/mol. The Morgan fingerprint density at radius 3 is 2.95 bits per heavy atom. The van der Waals surface area contributed by atoms with Crippen LogP contribution in [0.3, 0.4) is 0 Å². The summed E-state index contributed by atoms with van der Waals surface area (Å²) in [6.07, 6.45) is 3.01. The number of ether oxygens (including phenoxy) is 1. The van der Waals surface area contributed by atoms with Crippen LogP contribution in [0.5, 0.6) is 0 Å². The number of hydrogen-bond acceptors (Lipinski definition) is 3. The molecule has 3 nitrogen and oxygen atoms in total. The Balaban J connectivity index is 2.07. The van der Waals surface area contributed by atoms with Crippen molar-refractivity contribution in [1.82, 2.24) is 0 Å². The number of Topliss-reactive ketones (excluding diaryl/α,β-unsaturated/α-hetero) is 1. The van der Waals surface area contributed by atoms with Crippen LogP contribution in [-0.2, 0) is 4.74 Å². The lowest BCUT2D eigenvalue weighted by Gasteiger charge is -2.11. The number of rotatable bonds is 2. The molecule has 1 aliphatic heterocycles. The smallest absolute Gasteiger partial charge is 0.227 e. The molecule has 0 saturated carbocycles. The highest BCUT2D eigenvalue weighted by Crippen LogP contribution is 2.29. The van der Waals surface area contributed by atoms with Crippen molar-refractivity contribution in [2.45, 2.75) is 19.8 Å². The van der Waals surface area contributed by atoms with Gasteiger partial charge in [-0.2, -0.15) is 0 Å². The maximum absolute atomic E-state index is 13.2. The first kappa shape index (κ1) is 12.0. The summed E-state index contributed by atoms with van der Waals surface area (Å²) in [6, 6.07) is 4.25. The highest BCUT2D eigenvalue weighted by atomic mass is 19.1. The van der Waals surface area contributed by atoms with Gasteiger partial charge in [0.2, 0.25) is 5.78 Å². The van der Waals surface area contributed by atoms with Crippen LogP contribution in [0, 0.1) is 12.7 Å². The van der Waals surface area contributed by atoms with Crippen LogP contribution < -0.4 is 0 Å². The first-order chi connectivity index (χ1) is 9.16. The number of fused-ring (bicyclic) bond motifs is 1. The first-order valence-corrected chi connectivity index (χ1v) is 6.21. The number of benzene rings is 1. The standard InChI is InChI=1S/C15H13FO3/c1-9-12-7-11(16)4-5-13(12)19-15(9)14(17)10-3-2-6-18-8-10/h4-5,7-8H,2-3,6H2,1H3. The normalized spacial score (nSPS) is 15.2. The van der Waals surface area contributed by atoms with Crippen molar-refractivity contribution in [2.75, 3.05) is 6.61 Å². The van der Waals surface area contributed by atoms with Gasteiger partial charge in [-0.05, 0) is 38.0 Å². The van der Waals surface area contributed by atoms with E-state index in [4.69, 9.17) is 9.15 Å². The summed E-state index contributed by atoms with van der Waals surface area (Å²) in [4.78, 5) is 12.3. The number of aryl methyl sites for hydroxylation is 1. The van der Waals surface area contributed by atoms with E-state index < -0.39 is 0 Å². The van der Waals surface area contributed by atoms with E-state index >= 15 is 0 Å². The van der Waals surface area contributed by atoms with E-state index in [9.17, 15) is 9.18 Å². The van der Waals surface area contributed by atoms with Gasteiger partial charge >= 0.3 is 0 Å². The molecule has 0 aliphatic carbocycles. The van der Waals surface area contributed by atoms with Gasteiger partial charge in [0.15, 0.2) is 5.76 Å². The van der Waals surface area contributed by atoms with Crippen LogP contribution in [0.4, 0.5) is 4.39 Å². The molecule has 2 aromatic rings. The Hall–Kier alpha value is -2.10. The number of halogens is 1. The Bertz CT molecular complexity index is 682. The molecule has 0 radical (unpaired) electrons. The Labute approximate surface area is 109 Å². The number of carbonyl (C=O) groups excluding carboxylic acids is 1. The van der Waals surface area contributed by atoms with E-state index in [1.54, 1.807) is 13.0 Å². The van der Waals surface area contributed by atoms with Gasteiger partial charge in [0.05, 0.1) is 12.9 Å². The molecule has 0 atom stereocenters. The summed E-state index contributed by atoms with van der Waals surface area (Å²) < 4.78 is 24.0. The largest absolute Gasteiger partial charge is 0.501 e. The number of furan rings is 1. The first-order valence-electron chi connectivity index (χ1n) is 6.21. The number of hydrogen-bond donors (Lipinski definition) is 0. The molecule has 3 rings (SSSR count). The van der Waals surface area contributed by atoms with Crippen LogP contribution in [0.25, 0.3) is 11.0 Å². The van der Waals surface area contributed by atoms with Crippen molar-refractivity contribution in [3.8, 4) is 0 Å². The van der Waals surface area contributed by atoms with Gasteiger partial charge in [0.25, 0.3) is 0 Å². The Kier molecular flexibility index (Phi) is 2.85. The van der Waals surface area contributed by atoms with E-state index in [2.05, 4.69) is 0 Å². The summed E-state index contributed by atoms with van der Waals surface area (Å²) in [5.74, 6) is -0.234. The zero-order chi connectivity index (χ0) is 13.4. The van der Waals surface area contributed by atoms with Crippen LogP contribution in [0.1, 0.15) is 29.0 Å². The fourth-order valence-electron chi connectivity index (χ4n) is 2.29. The van der Waals surface area contributed by atoms with Crippen molar-refractivity contribution in [2.24, 2.45) is 0 Å². The lowest BCUT2D eigenvalue weighted by molar-refractivity contribution is 0.0985. The molecular formula is C15H13FO3. The zero-order valence-electron chi connectivity index (χ0n) is 10.5. The number of ketones is 1. The van der Waals surface area contributed by atoms with Crippen LogP contribution >= 0.6 is 0 Å². The van der Waals surface area contributed by atoms with Gasteiger partial charge in [-0.1, -0.05) is 0 Å². The van der Waals surface area contributed by atoms with E-state index in [1.165, 1.54) is 18.4 Å². The maximum atomic E-state index is 13.2. The van der Waals surface area contributed by atoms with E-state index in [1.807, 2.05) is 0 Å². The molecule has 0 fully saturated rings. The van der Waals surface area contributed by atoms with Crippen molar-refractivity contribution < 1.29 is 18.3 Å². The average Bonchev–Trinajstić information content (AvgIpc) is 2.76. The Morgan fingerprint density at radius 1 is 1.37 bits per heavy atom. The molecular weight excluding hydrogens is 247 g/mol. The molecule has 4 heteroatoms. The summed E-state index contributed by atoms with van der Waals surface area (Å²) in [5, 5.41) is 0.640. The summed E-state index contributed by atoms with van der Waals surface area (Å²) in [7, 11) is 0. The topological polar surface area (TPSA) is 39.4 Å². The molecule has 1 aromatic heterocycles. The highest BCUT2D eigenvalue weighted by Gasteiger charge is 2.22. The second kappa shape index (κ2) is 4.53. The number of allylic oxidation sites excluding steroid dienone is 1. The third kappa shape index (κ3) is 2.03. The fraction of sp³-hybridized carbons (Fsp3) is 0.267. The van der Waals surface area contributed by atoms with Crippen molar-refractivity contribution >= 4 is 16.8 Å². The molecule has 0 saturated heterocycles. The van der Waals surface area contributed by atoms with Gasteiger partial charge in [0.1, 0.15) is 11.4 Å².